The second kappa shape index (κ2) is 4.03. The minimum Gasteiger partial charge on any atom is -0.315 e. The average molecular weight is 248 g/mol. The third kappa shape index (κ3) is 2.06. The summed E-state index contributed by atoms with van der Waals surface area (Å²) in [5, 5.41) is 7.26. The van der Waals surface area contributed by atoms with Gasteiger partial charge in [0.1, 0.15) is 5.69 Å². The van der Waals surface area contributed by atoms with E-state index in [9.17, 15) is 4.79 Å². The highest BCUT2D eigenvalue weighted by molar-refractivity contribution is 9.09. The standard InChI is InChI=1S/C6H7BrN3OP/c7-5(8)3-1-2-9-10-4(3)6(11)12/h1-2,5H,8,12H2. The van der Waals surface area contributed by atoms with Crippen molar-refractivity contribution in [3.8, 4) is 0 Å². The number of nitrogens with two attached hydrogens (primary N) is 1. The number of hydrogen-bond acceptors (Lipinski definition) is 4. The molecule has 2 atom stereocenters. The number of rotatable bonds is 2. The van der Waals surface area contributed by atoms with E-state index >= 15 is 0 Å². The van der Waals surface area contributed by atoms with Crippen LogP contribution in [0.3, 0.4) is 0 Å². The van der Waals surface area contributed by atoms with E-state index in [0.717, 1.165) is 0 Å². The molecule has 4 nitrogen and oxygen atoms in total. The van der Waals surface area contributed by atoms with E-state index in [4.69, 9.17) is 5.73 Å². The lowest BCUT2D eigenvalue weighted by molar-refractivity contribution is 0.108. The maximum absolute atomic E-state index is 11.0. The molecule has 0 aliphatic rings. The molecule has 0 fully saturated rings. The number of alkyl halides is 1. The summed E-state index contributed by atoms with van der Waals surface area (Å²) in [6, 6.07) is 1.66. The van der Waals surface area contributed by atoms with E-state index < -0.39 is 0 Å². The fraction of sp³-hybridized carbons (Fsp3) is 0.167. The van der Waals surface area contributed by atoms with E-state index in [1.54, 1.807) is 6.07 Å². The molecule has 1 aromatic rings. The molecule has 64 valence electrons. The molecule has 0 spiro atoms. The summed E-state index contributed by atoms with van der Waals surface area (Å²) in [5.74, 6) is 0. The van der Waals surface area contributed by atoms with Gasteiger partial charge in [-0.25, -0.2) is 0 Å². The van der Waals surface area contributed by atoms with Crippen molar-refractivity contribution in [2.45, 2.75) is 4.95 Å². The van der Waals surface area contributed by atoms with Crippen molar-refractivity contribution in [1.29, 1.82) is 0 Å². The van der Waals surface area contributed by atoms with Gasteiger partial charge >= 0.3 is 0 Å². The van der Waals surface area contributed by atoms with Gasteiger partial charge in [0.05, 0.1) is 4.95 Å². The maximum atomic E-state index is 11.0. The van der Waals surface area contributed by atoms with Gasteiger partial charge in [-0.15, -0.1) is 5.10 Å². The third-order valence-corrected chi connectivity index (χ3v) is 2.05. The second-order valence-corrected chi connectivity index (χ2v) is 3.61. The van der Waals surface area contributed by atoms with Crippen molar-refractivity contribution in [2.24, 2.45) is 5.73 Å². The van der Waals surface area contributed by atoms with Gasteiger partial charge < -0.3 is 5.73 Å². The molecule has 0 aliphatic heterocycles. The van der Waals surface area contributed by atoms with Crippen LogP contribution in [0, 0.1) is 0 Å². The van der Waals surface area contributed by atoms with Gasteiger partial charge in [-0.1, -0.05) is 25.2 Å². The van der Waals surface area contributed by atoms with E-state index in [-0.39, 0.29) is 16.2 Å². The molecule has 2 N–H and O–H groups in total. The molecule has 1 rings (SSSR count). The monoisotopic (exact) mass is 247 g/mol. The van der Waals surface area contributed by atoms with Gasteiger partial charge in [-0.3, -0.25) is 4.79 Å². The summed E-state index contributed by atoms with van der Waals surface area (Å²) >= 11 is 3.15. The van der Waals surface area contributed by atoms with Crippen molar-refractivity contribution in [2.75, 3.05) is 0 Å². The molecule has 2 unspecified atom stereocenters. The van der Waals surface area contributed by atoms with Gasteiger partial charge in [-0.05, 0) is 6.07 Å². The van der Waals surface area contributed by atoms with Gasteiger partial charge in [0.2, 0.25) is 0 Å². The van der Waals surface area contributed by atoms with Crippen LogP contribution >= 0.6 is 25.2 Å². The summed E-state index contributed by atoms with van der Waals surface area (Å²) in [6.07, 6.45) is 1.49. The highest BCUT2D eigenvalue weighted by Crippen LogP contribution is 2.19. The summed E-state index contributed by atoms with van der Waals surface area (Å²) in [4.78, 5) is 10.6. The number of hydrogen-bond donors (Lipinski definition) is 1. The smallest absolute Gasteiger partial charge is 0.198 e. The van der Waals surface area contributed by atoms with Crippen LogP contribution in [-0.2, 0) is 0 Å². The molecular formula is C6H7BrN3OP. The SMILES string of the molecule is NC(Br)c1ccnnc1C(=O)P. The van der Waals surface area contributed by atoms with Crippen molar-refractivity contribution < 1.29 is 4.79 Å². The number of aromatic nitrogens is 2. The van der Waals surface area contributed by atoms with Gasteiger partial charge in [0, 0.05) is 11.8 Å². The van der Waals surface area contributed by atoms with Crippen molar-refractivity contribution in [1.82, 2.24) is 10.2 Å². The molecule has 0 saturated carbocycles. The number of carbonyl (C=O) groups excluding carboxylic acids is 1. The summed E-state index contributed by atoms with van der Waals surface area (Å²) < 4.78 is 0. The zero-order chi connectivity index (χ0) is 9.14. The van der Waals surface area contributed by atoms with Crippen LogP contribution in [0.15, 0.2) is 12.3 Å². The molecule has 12 heavy (non-hydrogen) atoms. The summed E-state index contributed by atoms with van der Waals surface area (Å²) in [6.45, 7) is 0. The first-order chi connectivity index (χ1) is 5.63. The lowest BCUT2D eigenvalue weighted by atomic mass is 10.2. The zero-order valence-electron chi connectivity index (χ0n) is 6.07. The summed E-state index contributed by atoms with van der Waals surface area (Å²) in [7, 11) is 2.03. The van der Waals surface area contributed by atoms with Crippen LogP contribution < -0.4 is 5.73 Å². The Balaban J connectivity index is 3.17. The fourth-order valence-electron chi connectivity index (χ4n) is 0.755. The number of nitrogens with zero attached hydrogens (tertiary/aromatic N) is 2. The van der Waals surface area contributed by atoms with E-state index in [1.807, 2.05) is 9.24 Å². The van der Waals surface area contributed by atoms with E-state index in [2.05, 4.69) is 26.1 Å². The molecule has 6 heteroatoms. The molecule has 0 amide bonds. The third-order valence-electron chi connectivity index (χ3n) is 1.28. The quantitative estimate of drug-likeness (QED) is 0.478. The lowest BCUT2D eigenvalue weighted by Gasteiger charge is -2.05. The molecule has 0 saturated heterocycles. The predicted octanol–water partition coefficient (Wildman–Crippen LogP) is 0.844. The molecule has 0 radical (unpaired) electrons. The topological polar surface area (TPSA) is 68.9 Å². The molecule has 0 aromatic carbocycles. The maximum Gasteiger partial charge on any atom is 0.198 e. The Hall–Kier alpha value is -0.380. The summed E-state index contributed by atoms with van der Waals surface area (Å²) in [5.41, 5.74) is 6.25. The van der Waals surface area contributed by atoms with E-state index in [0.29, 0.717) is 5.56 Å². The first-order valence-electron chi connectivity index (χ1n) is 3.14. The van der Waals surface area contributed by atoms with Crippen LogP contribution in [0.2, 0.25) is 0 Å². The van der Waals surface area contributed by atoms with Crippen LogP contribution in [0.1, 0.15) is 21.0 Å². The average Bonchev–Trinajstić information content (AvgIpc) is 2.04. The Labute approximate surface area is 80.3 Å². The van der Waals surface area contributed by atoms with Crippen LogP contribution in [-0.4, -0.2) is 15.7 Å². The fourth-order valence-corrected chi connectivity index (χ4v) is 1.35. The van der Waals surface area contributed by atoms with Gasteiger partial charge in [0.25, 0.3) is 0 Å². The largest absolute Gasteiger partial charge is 0.315 e. The van der Waals surface area contributed by atoms with Crippen molar-refractivity contribution in [3.05, 3.63) is 23.5 Å². The first kappa shape index (κ1) is 9.71. The Kier molecular flexibility index (Phi) is 3.26. The molecule has 1 heterocycles. The van der Waals surface area contributed by atoms with Gasteiger partial charge in [-0.2, -0.15) is 5.10 Å². The minimum absolute atomic E-state index is 0.215. The highest BCUT2D eigenvalue weighted by Gasteiger charge is 2.12. The van der Waals surface area contributed by atoms with E-state index in [1.165, 1.54) is 6.20 Å². The molecule has 1 aromatic heterocycles. The molecule has 0 bridgehead atoms. The Morgan fingerprint density at radius 3 is 2.83 bits per heavy atom. The van der Waals surface area contributed by atoms with Crippen molar-refractivity contribution in [3.63, 3.8) is 0 Å². The predicted molar refractivity (Wildman–Crippen MR) is 51.9 cm³/mol. The normalized spacial score (nSPS) is 12.6. The molecule has 0 aliphatic carbocycles. The van der Waals surface area contributed by atoms with Crippen LogP contribution in [0.5, 0.6) is 0 Å². The van der Waals surface area contributed by atoms with Crippen LogP contribution in [0.25, 0.3) is 0 Å². The highest BCUT2D eigenvalue weighted by atomic mass is 79.9. The Morgan fingerprint density at radius 2 is 2.42 bits per heavy atom. The second-order valence-electron chi connectivity index (χ2n) is 2.10. The minimum atomic E-state index is -0.382. The number of carbonyl (C=O) groups is 1. The Bertz CT molecular complexity index is 305. The molecular weight excluding hydrogens is 241 g/mol. The number of halogens is 1. The van der Waals surface area contributed by atoms with Crippen molar-refractivity contribution >= 4 is 30.7 Å². The Morgan fingerprint density at radius 1 is 1.75 bits per heavy atom. The lowest BCUT2D eigenvalue weighted by Crippen LogP contribution is -2.09. The van der Waals surface area contributed by atoms with Crippen LogP contribution in [0.4, 0.5) is 0 Å². The zero-order valence-corrected chi connectivity index (χ0v) is 8.81. The first-order valence-corrected chi connectivity index (χ1v) is 4.63. The van der Waals surface area contributed by atoms with Gasteiger partial charge in [0.15, 0.2) is 5.52 Å².